The molecular formula is C28H30Cl2F3N3O9. The van der Waals surface area contributed by atoms with Crippen LogP contribution in [0.3, 0.4) is 0 Å². The van der Waals surface area contributed by atoms with Crippen molar-refractivity contribution in [2.24, 2.45) is 0 Å². The summed E-state index contributed by atoms with van der Waals surface area (Å²) in [5, 5.41) is 46.5. The normalized spacial score (nSPS) is 15.6. The highest BCUT2D eigenvalue weighted by atomic mass is 35.5. The highest BCUT2D eigenvalue weighted by Crippen LogP contribution is 2.46. The van der Waals surface area contributed by atoms with Gasteiger partial charge < -0.3 is 35.4 Å². The zero-order valence-corrected chi connectivity index (χ0v) is 25.2. The number of aliphatic hydroxyl groups is 1. The van der Waals surface area contributed by atoms with E-state index < -0.39 is 68.9 Å². The van der Waals surface area contributed by atoms with Crippen LogP contribution in [0.1, 0.15) is 31.2 Å². The molecule has 0 fully saturated rings. The van der Waals surface area contributed by atoms with Gasteiger partial charge in [-0.3, -0.25) is 10.1 Å². The fourth-order valence-electron chi connectivity index (χ4n) is 4.49. The molecule has 2 aromatic rings. The number of benzene rings is 2. The van der Waals surface area contributed by atoms with Crippen LogP contribution in [0.5, 0.6) is 11.5 Å². The number of unbranched alkanes of at least 4 members (excludes halogenated alkanes) is 1. The molecule has 0 aliphatic carbocycles. The van der Waals surface area contributed by atoms with Crippen molar-refractivity contribution >= 4 is 41.6 Å². The van der Waals surface area contributed by atoms with Crippen LogP contribution in [0.4, 0.5) is 18.9 Å². The van der Waals surface area contributed by atoms with Gasteiger partial charge >= 0.3 is 18.1 Å². The molecule has 17 heteroatoms. The van der Waals surface area contributed by atoms with Gasteiger partial charge in [-0.1, -0.05) is 23.7 Å². The molecule has 12 nitrogen and oxygen atoms in total. The number of alkyl halides is 3. The van der Waals surface area contributed by atoms with E-state index in [0.717, 1.165) is 25.1 Å². The monoisotopic (exact) mass is 679 g/mol. The number of ether oxygens (including phenoxy) is 2. The van der Waals surface area contributed by atoms with Crippen molar-refractivity contribution in [1.29, 1.82) is 0 Å². The molecule has 2 atom stereocenters. The third kappa shape index (κ3) is 9.72. The molecule has 246 valence electrons. The van der Waals surface area contributed by atoms with Crippen LogP contribution in [-0.4, -0.2) is 70.8 Å². The lowest BCUT2D eigenvalue weighted by Gasteiger charge is -2.31. The van der Waals surface area contributed by atoms with Crippen LogP contribution in [-0.2, 0) is 9.59 Å². The Labute approximate surface area is 266 Å². The Morgan fingerprint density at radius 2 is 1.76 bits per heavy atom. The van der Waals surface area contributed by atoms with Gasteiger partial charge in [0.15, 0.2) is 0 Å². The van der Waals surface area contributed by atoms with E-state index in [4.69, 9.17) is 21.1 Å². The first-order valence-electron chi connectivity index (χ1n) is 13.1. The van der Waals surface area contributed by atoms with Gasteiger partial charge in [0.05, 0.1) is 33.6 Å². The van der Waals surface area contributed by atoms with E-state index in [0.29, 0.717) is 30.2 Å². The van der Waals surface area contributed by atoms with Gasteiger partial charge in [0, 0.05) is 29.9 Å². The first-order valence-corrected chi connectivity index (χ1v) is 13.5. The van der Waals surface area contributed by atoms with Crippen molar-refractivity contribution in [2.45, 2.75) is 38.0 Å². The van der Waals surface area contributed by atoms with Gasteiger partial charge in [-0.25, -0.2) is 9.59 Å². The number of nitro benzene ring substituents is 1. The minimum Gasteiger partial charge on any atom is -0.493 e. The van der Waals surface area contributed by atoms with Crippen molar-refractivity contribution in [2.75, 3.05) is 26.3 Å². The SMILES string of the molecule is CC1=C(C(=O)O)C(c2cc([N+](=O)[O-])ccc2OCCCCNCC(O)COc2ccccc2Cl)C(C(=O)O)=C(C(F)(F)F)N1.Cl. The number of nitrogens with one attached hydrogen (secondary N) is 2. The topological polar surface area (TPSA) is 180 Å². The Morgan fingerprint density at radius 3 is 2.36 bits per heavy atom. The molecule has 0 radical (unpaired) electrons. The molecule has 0 saturated carbocycles. The maximum atomic E-state index is 13.9. The standard InChI is InChI=1S/C28H29ClF3N3O9.ClH/c1-15-22(26(37)38)23(24(27(39)40)25(34-15)28(30,31)32)18-12-16(35(41)42)8-9-20(18)43-11-5-4-10-33-13-17(36)14-44-21-7-3-2-6-19(21)29;/h2-3,6-9,12,17,23,33-34,36H,4-5,10-11,13-14H2,1H3,(H,37,38)(H,39,40);1H. The molecule has 0 bridgehead atoms. The van der Waals surface area contributed by atoms with Crippen LogP contribution in [0.2, 0.25) is 5.02 Å². The number of non-ortho nitro benzene ring substituents is 1. The van der Waals surface area contributed by atoms with E-state index in [-0.39, 0.29) is 37.9 Å². The third-order valence-corrected chi connectivity index (χ3v) is 6.79. The first kappa shape index (κ1) is 37.1. The fourth-order valence-corrected chi connectivity index (χ4v) is 4.68. The molecule has 0 saturated heterocycles. The van der Waals surface area contributed by atoms with Crippen LogP contribution >= 0.6 is 24.0 Å². The first-order chi connectivity index (χ1) is 20.7. The molecule has 5 N–H and O–H groups in total. The Bertz CT molecular complexity index is 1470. The summed E-state index contributed by atoms with van der Waals surface area (Å²) in [6.45, 7) is 1.61. The molecule has 0 amide bonds. The van der Waals surface area contributed by atoms with Crippen LogP contribution < -0.4 is 20.1 Å². The van der Waals surface area contributed by atoms with Crippen LogP contribution in [0, 0.1) is 10.1 Å². The average Bonchev–Trinajstić information content (AvgIpc) is 2.94. The number of rotatable bonds is 15. The van der Waals surface area contributed by atoms with Gasteiger partial charge in [0.25, 0.3) is 5.69 Å². The smallest absolute Gasteiger partial charge is 0.431 e. The molecule has 0 aromatic heterocycles. The number of hydrogen-bond donors (Lipinski definition) is 5. The second kappa shape index (κ2) is 16.3. The summed E-state index contributed by atoms with van der Waals surface area (Å²) in [5.74, 6) is -5.61. The summed E-state index contributed by atoms with van der Waals surface area (Å²) in [6.07, 6.45) is -5.17. The lowest BCUT2D eigenvalue weighted by atomic mass is 9.79. The minimum atomic E-state index is -5.21. The molecule has 2 aromatic carbocycles. The Balaban J connectivity index is 0.00000705. The Morgan fingerprint density at radius 1 is 1.09 bits per heavy atom. The Hall–Kier alpha value is -4.05. The predicted octanol–water partition coefficient (Wildman–Crippen LogP) is 4.80. The minimum absolute atomic E-state index is 0. The highest BCUT2D eigenvalue weighted by molar-refractivity contribution is 6.32. The molecule has 2 unspecified atom stereocenters. The van der Waals surface area contributed by atoms with Crippen molar-refractivity contribution in [3.05, 3.63) is 85.7 Å². The predicted molar refractivity (Wildman–Crippen MR) is 158 cm³/mol. The molecule has 1 aliphatic heterocycles. The maximum Gasteiger partial charge on any atom is 0.431 e. The molecular weight excluding hydrogens is 650 g/mol. The van der Waals surface area contributed by atoms with Crippen molar-refractivity contribution in [3.8, 4) is 11.5 Å². The summed E-state index contributed by atoms with van der Waals surface area (Å²) in [7, 11) is 0. The van der Waals surface area contributed by atoms with Gasteiger partial charge in [0.2, 0.25) is 0 Å². The number of allylic oxidation sites excluding steroid dienone is 2. The highest BCUT2D eigenvalue weighted by Gasteiger charge is 2.47. The summed E-state index contributed by atoms with van der Waals surface area (Å²) >= 11 is 6.01. The van der Waals surface area contributed by atoms with E-state index in [9.17, 15) is 48.2 Å². The zero-order valence-electron chi connectivity index (χ0n) is 23.6. The summed E-state index contributed by atoms with van der Waals surface area (Å²) < 4.78 is 52.8. The van der Waals surface area contributed by atoms with E-state index in [1.54, 1.807) is 24.3 Å². The third-order valence-electron chi connectivity index (χ3n) is 6.48. The maximum absolute atomic E-state index is 13.9. The number of aliphatic carboxylic acids is 2. The number of halogens is 5. The molecule has 1 aliphatic rings. The lowest BCUT2D eigenvalue weighted by Crippen LogP contribution is -2.37. The fraction of sp³-hybridized carbons (Fsp3) is 0.357. The van der Waals surface area contributed by atoms with Crippen LogP contribution in [0.15, 0.2) is 65.0 Å². The molecule has 3 rings (SSSR count). The number of hydrogen-bond acceptors (Lipinski definition) is 9. The average molecular weight is 680 g/mol. The van der Waals surface area contributed by atoms with E-state index in [1.165, 1.54) is 0 Å². The van der Waals surface area contributed by atoms with Crippen molar-refractivity contribution < 1.29 is 52.5 Å². The number of aliphatic hydroxyl groups excluding tert-OH is 1. The van der Waals surface area contributed by atoms with E-state index in [1.807, 2.05) is 5.32 Å². The second-order valence-corrected chi connectivity index (χ2v) is 10.0. The number of carboxylic acids is 2. The quantitative estimate of drug-likeness (QED) is 0.0991. The second-order valence-electron chi connectivity index (χ2n) is 9.63. The number of nitrogens with zero attached hydrogens (tertiary/aromatic N) is 1. The number of para-hydroxylation sites is 1. The van der Waals surface area contributed by atoms with Crippen molar-refractivity contribution in [3.63, 3.8) is 0 Å². The number of carbonyl (C=O) groups is 2. The summed E-state index contributed by atoms with van der Waals surface area (Å²) in [5.41, 5.74) is -5.28. The molecule has 45 heavy (non-hydrogen) atoms. The molecule has 0 spiro atoms. The molecule has 1 heterocycles. The zero-order chi connectivity index (χ0) is 32.6. The van der Waals surface area contributed by atoms with Gasteiger partial charge in [0.1, 0.15) is 29.9 Å². The van der Waals surface area contributed by atoms with Gasteiger partial charge in [-0.05, 0) is 44.5 Å². The van der Waals surface area contributed by atoms with Crippen molar-refractivity contribution in [1.82, 2.24) is 10.6 Å². The number of carboxylic acid groups (broad SMARTS) is 2. The van der Waals surface area contributed by atoms with E-state index in [2.05, 4.69) is 5.32 Å². The summed E-state index contributed by atoms with van der Waals surface area (Å²) in [4.78, 5) is 34.9. The largest absolute Gasteiger partial charge is 0.493 e. The number of dihydropyridines is 1. The van der Waals surface area contributed by atoms with Gasteiger partial charge in [-0.2, -0.15) is 13.2 Å². The van der Waals surface area contributed by atoms with E-state index >= 15 is 0 Å². The number of nitro groups is 1. The summed E-state index contributed by atoms with van der Waals surface area (Å²) in [6, 6.07) is 9.71. The Kier molecular flexibility index (Phi) is 13.5. The lowest BCUT2D eigenvalue weighted by molar-refractivity contribution is -0.384. The van der Waals surface area contributed by atoms with Gasteiger partial charge in [-0.15, -0.1) is 12.4 Å². The van der Waals surface area contributed by atoms with Crippen LogP contribution in [0.25, 0.3) is 0 Å².